The molecule has 0 aromatic heterocycles. The summed E-state index contributed by atoms with van der Waals surface area (Å²) in [6.45, 7) is 5.47. The summed E-state index contributed by atoms with van der Waals surface area (Å²) in [7, 11) is 3.33. The third kappa shape index (κ3) is 5.28. The smallest absolute Gasteiger partial charge is 0.174 e. The lowest BCUT2D eigenvalue weighted by Crippen LogP contribution is -2.44. The molecular weight excluding hydrogens is 444 g/mol. The van der Waals surface area contributed by atoms with E-state index in [0.29, 0.717) is 17.5 Å². The first-order chi connectivity index (χ1) is 16.5. The molecule has 4 rings (SSSR count). The Morgan fingerprint density at radius 1 is 1.00 bits per heavy atom. The number of ether oxygens (including phenoxy) is 3. The maximum Gasteiger partial charge on any atom is 0.174 e. The van der Waals surface area contributed by atoms with Gasteiger partial charge in [0.1, 0.15) is 12.4 Å². The van der Waals surface area contributed by atoms with Gasteiger partial charge in [-0.15, -0.1) is 0 Å². The topological polar surface area (TPSA) is 43.0 Å². The average molecular weight is 477 g/mol. The molecular formula is C28H32N2O3S. The zero-order valence-corrected chi connectivity index (χ0v) is 21.1. The second-order valence-electron chi connectivity index (χ2n) is 8.47. The minimum Gasteiger partial charge on any atom is -0.493 e. The number of nitrogens with one attached hydrogen (secondary N) is 1. The number of aryl methyl sites for hydroxylation is 2. The Hall–Kier alpha value is -3.25. The summed E-state index contributed by atoms with van der Waals surface area (Å²) >= 11 is 5.87. The highest BCUT2D eigenvalue weighted by molar-refractivity contribution is 7.80. The van der Waals surface area contributed by atoms with Crippen LogP contribution in [0.1, 0.15) is 35.2 Å². The molecule has 0 saturated carbocycles. The van der Waals surface area contributed by atoms with Crippen LogP contribution in [0.5, 0.6) is 17.2 Å². The van der Waals surface area contributed by atoms with Gasteiger partial charge in [0.2, 0.25) is 0 Å². The van der Waals surface area contributed by atoms with E-state index >= 15 is 0 Å². The van der Waals surface area contributed by atoms with Crippen molar-refractivity contribution in [1.29, 1.82) is 0 Å². The maximum absolute atomic E-state index is 6.28. The quantitative estimate of drug-likeness (QED) is 0.425. The van der Waals surface area contributed by atoms with Crippen molar-refractivity contribution in [3.05, 3.63) is 82.9 Å². The lowest BCUT2D eigenvalue weighted by molar-refractivity contribution is 0.190. The predicted octanol–water partition coefficient (Wildman–Crippen LogP) is 5.95. The fraction of sp³-hybridized carbons (Fsp3) is 0.321. The number of hydrogen-bond donors (Lipinski definition) is 1. The molecule has 6 heteroatoms. The van der Waals surface area contributed by atoms with Gasteiger partial charge in [0.25, 0.3) is 0 Å². The van der Waals surface area contributed by atoms with Crippen LogP contribution in [0.2, 0.25) is 0 Å². The minimum absolute atomic E-state index is 0.0696. The van der Waals surface area contributed by atoms with Gasteiger partial charge < -0.3 is 24.4 Å². The van der Waals surface area contributed by atoms with Crippen LogP contribution in [-0.4, -0.2) is 37.4 Å². The molecule has 1 aliphatic rings. The molecule has 0 radical (unpaired) electrons. The van der Waals surface area contributed by atoms with E-state index in [9.17, 15) is 0 Å². The van der Waals surface area contributed by atoms with E-state index in [-0.39, 0.29) is 6.04 Å². The number of benzene rings is 3. The Morgan fingerprint density at radius 2 is 1.68 bits per heavy atom. The second-order valence-corrected chi connectivity index (χ2v) is 8.86. The van der Waals surface area contributed by atoms with Gasteiger partial charge in [-0.3, -0.25) is 0 Å². The lowest BCUT2D eigenvalue weighted by Gasteiger charge is -2.39. The molecule has 178 valence electrons. The molecule has 0 fully saturated rings. The van der Waals surface area contributed by atoms with Gasteiger partial charge in [0.15, 0.2) is 16.6 Å². The Kier molecular flexibility index (Phi) is 7.58. The summed E-state index contributed by atoms with van der Waals surface area (Å²) in [6, 6.07) is 20.6. The highest BCUT2D eigenvalue weighted by Crippen LogP contribution is 2.38. The van der Waals surface area contributed by atoms with E-state index in [1.54, 1.807) is 14.2 Å². The van der Waals surface area contributed by atoms with Crippen molar-refractivity contribution in [3.8, 4) is 17.2 Å². The fourth-order valence-corrected chi connectivity index (χ4v) is 4.62. The van der Waals surface area contributed by atoms with Crippen LogP contribution in [-0.2, 0) is 12.8 Å². The predicted molar refractivity (Wildman–Crippen MR) is 141 cm³/mol. The highest BCUT2D eigenvalue weighted by atomic mass is 32.1. The van der Waals surface area contributed by atoms with Crippen LogP contribution >= 0.6 is 12.2 Å². The number of methoxy groups -OCH3 is 2. The zero-order chi connectivity index (χ0) is 24.1. The first-order valence-corrected chi connectivity index (χ1v) is 12.0. The van der Waals surface area contributed by atoms with Crippen LogP contribution in [0.25, 0.3) is 0 Å². The molecule has 1 aliphatic heterocycles. The summed E-state index contributed by atoms with van der Waals surface area (Å²) in [5.41, 5.74) is 5.84. The molecule has 34 heavy (non-hydrogen) atoms. The average Bonchev–Trinajstić information content (AvgIpc) is 2.87. The molecule has 0 bridgehead atoms. The molecule has 0 aliphatic carbocycles. The van der Waals surface area contributed by atoms with Crippen molar-refractivity contribution in [3.63, 3.8) is 0 Å². The third-order valence-electron chi connectivity index (χ3n) is 6.31. The molecule has 1 heterocycles. The molecule has 1 unspecified atom stereocenters. The number of anilines is 1. The van der Waals surface area contributed by atoms with Crippen molar-refractivity contribution >= 4 is 23.0 Å². The van der Waals surface area contributed by atoms with Crippen molar-refractivity contribution < 1.29 is 14.2 Å². The highest BCUT2D eigenvalue weighted by Gasteiger charge is 2.31. The Morgan fingerprint density at radius 3 is 2.32 bits per heavy atom. The van der Waals surface area contributed by atoms with Crippen LogP contribution in [0, 0.1) is 6.92 Å². The molecule has 3 aromatic carbocycles. The van der Waals surface area contributed by atoms with Crippen molar-refractivity contribution in [2.45, 2.75) is 32.7 Å². The number of thiocarbonyl (C=S) groups is 1. The molecule has 5 nitrogen and oxygen atoms in total. The fourth-order valence-electron chi connectivity index (χ4n) is 4.28. The van der Waals surface area contributed by atoms with Crippen LogP contribution < -0.4 is 19.5 Å². The summed E-state index contributed by atoms with van der Waals surface area (Å²) in [5.74, 6) is 2.30. The van der Waals surface area contributed by atoms with Gasteiger partial charge in [-0.25, -0.2) is 0 Å². The Bertz CT molecular complexity index is 1130. The van der Waals surface area contributed by atoms with Gasteiger partial charge >= 0.3 is 0 Å². The summed E-state index contributed by atoms with van der Waals surface area (Å²) < 4.78 is 17.4. The monoisotopic (exact) mass is 476 g/mol. The van der Waals surface area contributed by atoms with Gasteiger partial charge in [-0.05, 0) is 85.1 Å². The molecule has 0 amide bonds. The van der Waals surface area contributed by atoms with Crippen LogP contribution in [0.3, 0.4) is 0 Å². The van der Waals surface area contributed by atoms with E-state index in [4.69, 9.17) is 26.4 Å². The molecule has 1 N–H and O–H groups in total. The van der Waals surface area contributed by atoms with Gasteiger partial charge in [-0.2, -0.15) is 0 Å². The normalized spacial score (nSPS) is 14.8. The van der Waals surface area contributed by atoms with Crippen molar-refractivity contribution in [2.75, 3.05) is 32.7 Å². The molecule has 0 saturated heterocycles. The number of fused-ring (bicyclic) bond motifs is 1. The van der Waals surface area contributed by atoms with Crippen LogP contribution in [0.15, 0.2) is 60.7 Å². The minimum atomic E-state index is -0.0696. The largest absolute Gasteiger partial charge is 0.493 e. The molecule has 0 spiro atoms. The van der Waals surface area contributed by atoms with Crippen molar-refractivity contribution in [1.82, 2.24) is 4.90 Å². The maximum atomic E-state index is 6.28. The number of nitrogens with zero attached hydrogens (tertiary/aromatic N) is 1. The zero-order valence-electron chi connectivity index (χ0n) is 20.3. The summed E-state index contributed by atoms with van der Waals surface area (Å²) in [6.07, 6.45) is 1.86. The van der Waals surface area contributed by atoms with E-state index in [0.717, 1.165) is 42.1 Å². The van der Waals surface area contributed by atoms with Crippen molar-refractivity contribution in [2.24, 2.45) is 0 Å². The SMILES string of the molecule is CCc1ccc(OCC2c3cc(OC)c(OC)cc3CCN2C(=S)Nc2ccc(C)cc2)cc1. The summed E-state index contributed by atoms with van der Waals surface area (Å²) in [5, 5.41) is 4.09. The molecule has 3 aromatic rings. The summed E-state index contributed by atoms with van der Waals surface area (Å²) in [4.78, 5) is 2.21. The van der Waals surface area contributed by atoms with E-state index in [1.807, 2.05) is 24.3 Å². The lowest BCUT2D eigenvalue weighted by atomic mass is 9.92. The number of rotatable bonds is 7. The van der Waals surface area contributed by atoms with Gasteiger partial charge in [-0.1, -0.05) is 36.8 Å². The van der Waals surface area contributed by atoms with E-state index in [1.165, 1.54) is 16.7 Å². The second kappa shape index (κ2) is 10.8. The molecule has 1 atom stereocenters. The Balaban J connectivity index is 1.62. The first kappa shape index (κ1) is 23.9. The van der Waals surface area contributed by atoms with Gasteiger partial charge in [0.05, 0.1) is 20.3 Å². The van der Waals surface area contributed by atoms with E-state index in [2.05, 4.69) is 60.5 Å². The standard InChI is InChI=1S/C28H32N2O3S/c1-5-20-8-12-23(13-9-20)33-18-25-24-17-27(32-4)26(31-3)16-21(24)14-15-30(25)28(34)29-22-10-6-19(2)7-11-22/h6-13,16-17,25H,5,14-15,18H2,1-4H3,(H,29,34). The van der Waals surface area contributed by atoms with Gasteiger partial charge in [0, 0.05) is 12.2 Å². The number of hydrogen-bond acceptors (Lipinski definition) is 4. The Labute approximate surface area is 207 Å². The van der Waals surface area contributed by atoms with Crippen LogP contribution in [0.4, 0.5) is 5.69 Å². The first-order valence-electron chi connectivity index (χ1n) is 11.6. The third-order valence-corrected chi connectivity index (χ3v) is 6.64. The van der Waals surface area contributed by atoms with E-state index < -0.39 is 0 Å².